The molecule has 3 rings (SSSR count). The van der Waals surface area contributed by atoms with Gasteiger partial charge >= 0.3 is 0 Å². The molecule has 0 unspecified atom stereocenters. The van der Waals surface area contributed by atoms with E-state index < -0.39 is 0 Å². The fraction of sp³-hybridized carbons (Fsp3) is 0.0667. The maximum Gasteiger partial charge on any atom is -0.00884 e. The summed E-state index contributed by atoms with van der Waals surface area (Å²) in [6, 6.07) is 15.2. The fourth-order valence-electron chi connectivity index (χ4n) is 2.05. The zero-order valence-corrected chi connectivity index (χ0v) is 8.48. The molecule has 72 valence electrons. The van der Waals surface area contributed by atoms with Crippen molar-refractivity contribution in [2.75, 3.05) is 0 Å². The Morgan fingerprint density at radius 2 is 1.73 bits per heavy atom. The molecule has 0 amide bonds. The van der Waals surface area contributed by atoms with Crippen molar-refractivity contribution in [3.05, 3.63) is 66.3 Å². The molecule has 0 heteroatoms. The number of fused-ring (bicyclic) bond motifs is 1. The van der Waals surface area contributed by atoms with Crippen LogP contribution in [-0.2, 0) is 0 Å². The highest BCUT2D eigenvalue weighted by Gasteiger charge is 2.03. The largest absolute Gasteiger partial charge is 0.0801 e. The molecule has 1 aliphatic carbocycles. The molecule has 2 aromatic carbocycles. The quantitative estimate of drug-likeness (QED) is 0.635. The summed E-state index contributed by atoms with van der Waals surface area (Å²) in [6.45, 7) is 0. The van der Waals surface area contributed by atoms with E-state index in [2.05, 4.69) is 60.7 Å². The predicted molar refractivity (Wildman–Crippen MR) is 65.7 cm³/mol. The molecule has 0 bridgehead atoms. The molecule has 0 nitrogen and oxygen atoms in total. The second-order valence-electron chi connectivity index (χ2n) is 3.89. The number of allylic oxidation sites excluding steroid dienone is 4. The zero-order chi connectivity index (χ0) is 10.1. The average molecular weight is 192 g/mol. The van der Waals surface area contributed by atoms with Crippen molar-refractivity contribution >= 4 is 16.3 Å². The molecule has 0 aliphatic heterocycles. The minimum Gasteiger partial charge on any atom is -0.0801 e. The first-order valence-electron chi connectivity index (χ1n) is 5.28. The third-order valence-electron chi connectivity index (χ3n) is 2.89. The van der Waals surface area contributed by atoms with E-state index in [1.807, 2.05) is 0 Å². The summed E-state index contributed by atoms with van der Waals surface area (Å²) in [5.74, 6) is 0. The maximum absolute atomic E-state index is 2.27. The Hall–Kier alpha value is -1.82. The lowest BCUT2D eigenvalue weighted by Crippen LogP contribution is -1.81. The molecule has 0 spiro atoms. The van der Waals surface area contributed by atoms with Gasteiger partial charge in [-0.1, -0.05) is 54.6 Å². The third kappa shape index (κ3) is 1.48. The van der Waals surface area contributed by atoms with Gasteiger partial charge in [-0.2, -0.15) is 0 Å². The van der Waals surface area contributed by atoms with Crippen LogP contribution in [0.25, 0.3) is 16.3 Å². The van der Waals surface area contributed by atoms with E-state index in [0.29, 0.717) is 0 Å². The molecule has 0 atom stereocenters. The summed E-state index contributed by atoms with van der Waals surface area (Å²) < 4.78 is 0. The molecule has 0 saturated heterocycles. The Bertz CT molecular complexity index is 559. The minimum atomic E-state index is 1.07. The highest BCUT2D eigenvalue weighted by atomic mass is 14.1. The van der Waals surface area contributed by atoms with Crippen molar-refractivity contribution in [3.63, 3.8) is 0 Å². The van der Waals surface area contributed by atoms with Crippen LogP contribution >= 0.6 is 0 Å². The van der Waals surface area contributed by atoms with Gasteiger partial charge in [-0.3, -0.25) is 0 Å². The molecule has 1 aliphatic rings. The van der Waals surface area contributed by atoms with E-state index in [1.54, 1.807) is 0 Å². The summed E-state index contributed by atoms with van der Waals surface area (Å²) in [5.41, 5.74) is 2.76. The van der Waals surface area contributed by atoms with Crippen LogP contribution in [-0.4, -0.2) is 0 Å². The summed E-state index contributed by atoms with van der Waals surface area (Å²) in [4.78, 5) is 0. The van der Waals surface area contributed by atoms with Gasteiger partial charge in [0, 0.05) is 0 Å². The standard InChI is InChI=1S/C15H12/c1-2-6-12(5-1)15-10-9-13-7-3-4-8-14(13)11-15/h1-5,7-11H,6H2. The smallest absolute Gasteiger partial charge is 0.00884 e. The lowest BCUT2D eigenvalue weighted by atomic mass is 10.0. The topological polar surface area (TPSA) is 0 Å². The van der Waals surface area contributed by atoms with Crippen LogP contribution in [0.1, 0.15) is 12.0 Å². The second-order valence-corrected chi connectivity index (χ2v) is 3.89. The first-order valence-corrected chi connectivity index (χ1v) is 5.28. The summed E-state index contributed by atoms with van der Waals surface area (Å²) in [5, 5.41) is 2.63. The Morgan fingerprint density at radius 1 is 0.867 bits per heavy atom. The normalized spacial score (nSPS) is 14.5. The second kappa shape index (κ2) is 3.39. The van der Waals surface area contributed by atoms with E-state index in [4.69, 9.17) is 0 Å². The van der Waals surface area contributed by atoms with Crippen molar-refractivity contribution < 1.29 is 0 Å². The Balaban J connectivity index is 2.14. The molecule has 0 saturated carbocycles. The molecule has 0 fully saturated rings. The number of hydrogen-bond acceptors (Lipinski definition) is 0. The lowest BCUT2D eigenvalue weighted by molar-refractivity contribution is 1.44. The monoisotopic (exact) mass is 192 g/mol. The number of rotatable bonds is 1. The lowest BCUT2D eigenvalue weighted by Gasteiger charge is -2.04. The maximum atomic E-state index is 2.27. The highest BCUT2D eigenvalue weighted by molar-refractivity contribution is 5.87. The SMILES string of the molecule is C1=CCC(c2ccc3ccccc3c2)=C1. The Morgan fingerprint density at radius 3 is 2.53 bits per heavy atom. The molecular formula is C15H12. The molecule has 0 aromatic heterocycles. The summed E-state index contributed by atoms with van der Waals surface area (Å²) in [7, 11) is 0. The van der Waals surface area contributed by atoms with Crippen LogP contribution in [0.15, 0.2) is 60.7 Å². The van der Waals surface area contributed by atoms with Crippen LogP contribution in [0, 0.1) is 0 Å². The van der Waals surface area contributed by atoms with E-state index in [1.165, 1.54) is 21.9 Å². The number of hydrogen-bond donors (Lipinski definition) is 0. The van der Waals surface area contributed by atoms with Gasteiger partial charge in [0.2, 0.25) is 0 Å². The third-order valence-corrected chi connectivity index (χ3v) is 2.89. The first kappa shape index (κ1) is 8.49. The molecule has 0 radical (unpaired) electrons. The highest BCUT2D eigenvalue weighted by Crippen LogP contribution is 2.26. The molecular weight excluding hydrogens is 180 g/mol. The summed E-state index contributed by atoms with van der Waals surface area (Å²) >= 11 is 0. The van der Waals surface area contributed by atoms with Gasteiger partial charge in [-0.05, 0) is 34.4 Å². The van der Waals surface area contributed by atoms with Gasteiger partial charge < -0.3 is 0 Å². The van der Waals surface area contributed by atoms with E-state index in [0.717, 1.165) is 6.42 Å². The molecule has 0 heterocycles. The van der Waals surface area contributed by atoms with Gasteiger partial charge in [-0.15, -0.1) is 0 Å². The number of benzene rings is 2. The Kier molecular flexibility index (Phi) is 1.92. The van der Waals surface area contributed by atoms with Gasteiger partial charge in [-0.25, -0.2) is 0 Å². The van der Waals surface area contributed by atoms with E-state index >= 15 is 0 Å². The van der Waals surface area contributed by atoms with Gasteiger partial charge in [0.25, 0.3) is 0 Å². The zero-order valence-electron chi connectivity index (χ0n) is 8.48. The molecule has 15 heavy (non-hydrogen) atoms. The molecule has 0 N–H and O–H groups in total. The van der Waals surface area contributed by atoms with Crippen molar-refractivity contribution in [1.29, 1.82) is 0 Å². The van der Waals surface area contributed by atoms with Gasteiger partial charge in [0.1, 0.15) is 0 Å². The van der Waals surface area contributed by atoms with Crippen LogP contribution < -0.4 is 0 Å². The molecule has 2 aromatic rings. The van der Waals surface area contributed by atoms with Crippen LogP contribution in [0.4, 0.5) is 0 Å². The minimum absolute atomic E-state index is 1.07. The van der Waals surface area contributed by atoms with Crippen molar-refractivity contribution in [2.45, 2.75) is 6.42 Å². The van der Waals surface area contributed by atoms with Gasteiger partial charge in [0.05, 0.1) is 0 Å². The van der Waals surface area contributed by atoms with Crippen molar-refractivity contribution in [3.8, 4) is 0 Å². The Labute approximate surface area is 89.6 Å². The van der Waals surface area contributed by atoms with E-state index in [9.17, 15) is 0 Å². The average Bonchev–Trinajstić information content (AvgIpc) is 2.82. The predicted octanol–water partition coefficient (Wildman–Crippen LogP) is 4.18. The van der Waals surface area contributed by atoms with Crippen LogP contribution in [0.3, 0.4) is 0 Å². The van der Waals surface area contributed by atoms with Crippen molar-refractivity contribution in [1.82, 2.24) is 0 Å². The fourth-order valence-corrected chi connectivity index (χ4v) is 2.05. The van der Waals surface area contributed by atoms with Crippen LogP contribution in [0.2, 0.25) is 0 Å². The van der Waals surface area contributed by atoms with E-state index in [-0.39, 0.29) is 0 Å². The van der Waals surface area contributed by atoms with Crippen LogP contribution in [0.5, 0.6) is 0 Å². The van der Waals surface area contributed by atoms with Crippen molar-refractivity contribution in [2.24, 2.45) is 0 Å². The summed E-state index contributed by atoms with van der Waals surface area (Å²) in [6.07, 6.45) is 7.59. The van der Waals surface area contributed by atoms with Gasteiger partial charge in [0.15, 0.2) is 0 Å². The first-order chi connectivity index (χ1) is 7.43.